The Hall–Kier alpha value is -0.770. The summed E-state index contributed by atoms with van der Waals surface area (Å²) in [7, 11) is 2.18. The van der Waals surface area contributed by atoms with Crippen LogP contribution in [-0.4, -0.2) is 38.1 Å². The standard InChI is InChI=1S/C14H22ClN3/c1-11(16)13-5-4-12(10-14(13)15)18-7-3-6-17(2)8-9-18/h4-5,10-11H,3,6-9,16H2,1-2H3. The van der Waals surface area contributed by atoms with Crippen molar-refractivity contribution in [2.45, 2.75) is 19.4 Å². The molecule has 1 fully saturated rings. The van der Waals surface area contributed by atoms with Gasteiger partial charge in [-0.2, -0.15) is 0 Å². The number of nitrogens with two attached hydrogens (primary N) is 1. The number of likely N-dealkylation sites (N-methyl/N-ethyl adjacent to an activating group) is 1. The lowest BCUT2D eigenvalue weighted by atomic mass is 10.1. The second-order valence-electron chi connectivity index (χ2n) is 5.14. The van der Waals surface area contributed by atoms with E-state index in [1.807, 2.05) is 13.0 Å². The molecule has 1 aliphatic heterocycles. The summed E-state index contributed by atoms with van der Waals surface area (Å²) in [5.41, 5.74) is 8.11. The highest BCUT2D eigenvalue weighted by Gasteiger charge is 2.14. The van der Waals surface area contributed by atoms with Gasteiger partial charge in [-0.05, 0) is 44.6 Å². The van der Waals surface area contributed by atoms with Crippen molar-refractivity contribution in [3.63, 3.8) is 0 Å². The predicted molar refractivity (Wildman–Crippen MR) is 78.4 cm³/mol. The van der Waals surface area contributed by atoms with Crippen LogP contribution < -0.4 is 10.6 Å². The van der Waals surface area contributed by atoms with Gasteiger partial charge in [0.2, 0.25) is 0 Å². The number of hydrogen-bond acceptors (Lipinski definition) is 3. The van der Waals surface area contributed by atoms with E-state index in [1.54, 1.807) is 0 Å². The monoisotopic (exact) mass is 267 g/mol. The molecule has 3 nitrogen and oxygen atoms in total. The summed E-state index contributed by atoms with van der Waals surface area (Å²) >= 11 is 6.30. The minimum Gasteiger partial charge on any atom is -0.370 e. The molecule has 0 radical (unpaired) electrons. The van der Waals surface area contributed by atoms with Gasteiger partial charge in [0.05, 0.1) is 0 Å². The van der Waals surface area contributed by atoms with E-state index in [0.717, 1.165) is 30.2 Å². The molecule has 1 aromatic carbocycles. The molecule has 1 saturated heterocycles. The second-order valence-corrected chi connectivity index (χ2v) is 5.55. The topological polar surface area (TPSA) is 32.5 Å². The van der Waals surface area contributed by atoms with Gasteiger partial charge in [-0.15, -0.1) is 0 Å². The van der Waals surface area contributed by atoms with Crippen LogP contribution in [0.2, 0.25) is 5.02 Å². The van der Waals surface area contributed by atoms with Crippen LogP contribution in [0, 0.1) is 0 Å². The lowest BCUT2D eigenvalue weighted by Gasteiger charge is -2.24. The third kappa shape index (κ3) is 3.16. The van der Waals surface area contributed by atoms with Crippen molar-refractivity contribution < 1.29 is 0 Å². The van der Waals surface area contributed by atoms with E-state index in [9.17, 15) is 0 Å². The maximum atomic E-state index is 6.30. The molecule has 0 amide bonds. The molecule has 2 N–H and O–H groups in total. The van der Waals surface area contributed by atoms with Crippen LogP contribution in [0.5, 0.6) is 0 Å². The maximum Gasteiger partial charge on any atom is 0.0474 e. The molecule has 1 atom stereocenters. The summed E-state index contributed by atoms with van der Waals surface area (Å²) in [5, 5.41) is 0.778. The molecule has 0 bridgehead atoms. The number of nitrogens with zero attached hydrogens (tertiary/aromatic N) is 2. The molecule has 0 spiro atoms. The molecule has 1 unspecified atom stereocenters. The minimum absolute atomic E-state index is 0.0122. The lowest BCUT2D eigenvalue weighted by Crippen LogP contribution is -2.28. The first kappa shape index (κ1) is 13.7. The molecule has 0 aromatic heterocycles. The average Bonchev–Trinajstić information content (AvgIpc) is 2.53. The molecule has 0 saturated carbocycles. The van der Waals surface area contributed by atoms with Crippen molar-refractivity contribution in [2.75, 3.05) is 38.1 Å². The van der Waals surface area contributed by atoms with E-state index in [-0.39, 0.29) is 6.04 Å². The van der Waals surface area contributed by atoms with Gasteiger partial charge in [-0.3, -0.25) is 0 Å². The lowest BCUT2D eigenvalue weighted by molar-refractivity contribution is 0.360. The average molecular weight is 268 g/mol. The fourth-order valence-electron chi connectivity index (χ4n) is 2.39. The molecule has 2 rings (SSSR count). The van der Waals surface area contributed by atoms with Crippen LogP contribution in [-0.2, 0) is 0 Å². The third-order valence-electron chi connectivity index (χ3n) is 3.56. The summed E-state index contributed by atoms with van der Waals surface area (Å²) in [4.78, 5) is 4.78. The summed E-state index contributed by atoms with van der Waals surface area (Å²) in [5.74, 6) is 0. The molecular formula is C14H22ClN3. The summed E-state index contributed by atoms with van der Waals surface area (Å²) in [6.45, 7) is 6.39. The normalized spacial score (nSPS) is 19.7. The third-order valence-corrected chi connectivity index (χ3v) is 3.89. The Balaban J connectivity index is 2.15. The SMILES string of the molecule is CC(N)c1ccc(N2CCCN(C)CC2)cc1Cl. The van der Waals surface area contributed by atoms with Crippen molar-refractivity contribution in [3.8, 4) is 0 Å². The van der Waals surface area contributed by atoms with Gasteiger partial charge in [0.15, 0.2) is 0 Å². The van der Waals surface area contributed by atoms with Gasteiger partial charge >= 0.3 is 0 Å². The Kier molecular flexibility index (Phi) is 4.49. The zero-order valence-electron chi connectivity index (χ0n) is 11.2. The number of rotatable bonds is 2. The molecule has 1 heterocycles. The highest BCUT2D eigenvalue weighted by atomic mass is 35.5. The van der Waals surface area contributed by atoms with Gasteiger partial charge in [0.25, 0.3) is 0 Å². The van der Waals surface area contributed by atoms with E-state index in [1.165, 1.54) is 18.7 Å². The molecule has 1 aromatic rings. The highest BCUT2D eigenvalue weighted by molar-refractivity contribution is 6.31. The quantitative estimate of drug-likeness (QED) is 0.894. The maximum absolute atomic E-state index is 6.30. The van der Waals surface area contributed by atoms with Gasteiger partial charge < -0.3 is 15.5 Å². The predicted octanol–water partition coefficient (Wildman–Crippen LogP) is 2.50. The number of benzene rings is 1. The Morgan fingerprint density at radius 2 is 2.00 bits per heavy atom. The first-order chi connectivity index (χ1) is 8.58. The van der Waals surface area contributed by atoms with Gasteiger partial charge in [0.1, 0.15) is 0 Å². The Bertz CT molecular complexity index is 406. The molecule has 18 heavy (non-hydrogen) atoms. The highest BCUT2D eigenvalue weighted by Crippen LogP contribution is 2.27. The smallest absolute Gasteiger partial charge is 0.0474 e. The van der Waals surface area contributed by atoms with E-state index < -0.39 is 0 Å². The van der Waals surface area contributed by atoms with E-state index >= 15 is 0 Å². The van der Waals surface area contributed by atoms with Crippen molar-refractivity contribution >= 4 is 17.3 Å². The molecular weight excluding hydrogens is 246 g/mol. The van der Waals surface area contributed by atoms with Crippen LogP contribution in [0.3, 0.4) is 0 Å². The van der Waals surface area contributed by atoms with Crippen molar-refractivity contribution in [3.05, 3.63) is 28.8 Å². The van der Waals surface area contributed by atoms with Crippen LogP contribution >= 0.6 is 11.6 Å². The minimum atomic E-state index is -0.0122. The van der Waals surface area contributed by atoms with Crippen molar-refractivity contribution in [1.29, 1.82) is 0 Å². The van der Waals surface area contributed by atoms with Crippen LogP contribution in [0.4, 0.5) is 5.69 Å². The fraction of sp³-hybridized carbons (Fsp3) is 0.571. The van der Waals surface area contributed by atoms with Crippen LogP contribution in [0.15, 0.2) is 18.2 Å². The van der Waals surface area contributed by atoms with Gasteiger partial charge in [-0.1, -0.05) is 17.7 Å². The zero-order chi connectivity index (χ0) is 13.1. The molecule has 0 aliphatic carbocycles. The first-order valence-electron chi connectivity index (χ1n) is 6.56. The fourth-order valence-corrected chi connectivity index (χ4v) is 2.73. The number of halogens is 1. The van der Waals surface area contributed by atoms with Crippen LogP contribution in [0.1, 0.15) is 24.9 Å². The van der Waals surface area contributed by atoms with Gasteiger partial charge in [-0.25, -0.2) is 0 Å². The molecule has 4 heteroatoms. The molecule has 1 aliphatic rings. The summed E-state index contributed by atoms with van der Waals surface area (Å²) in [6, 6.07) is 6.22. The zero-order valence-corrected chi connectivity index (χ0v) is 12.0. The Morgan fingerprint density at radius 3 is 2.67 bits per heavy atom. The van der Waals surface area contributed by atoms with E-state index in [2.05, 4.69) is 29.0 Å². The second kappa shape index (κ2) is 5.91. The summed E-state index contributed by atoms with van der Waals surface area (Å²) in [6.07, 6.45) is 1.20. The summed E-state index contributed by atoms with van der Waals surface area (Å²) < 4.78 is 0. The van der Waals surface area contributed by atoms with E-state index in [4.69, 9.17) is 17.3 Å². The number of hydrogen-bond donors (Lipinski definition) is 1. The van der Waals surface area contributed by atoms with Gasteiger partial charge in [0, 0.05) is 36.4 Å². The Morgan fingerprint density at radius 1 is 1.22 bits per heavy atom. The van der Waals surface area contributed by atoms with Crippen molar-refractivity contribution in [1.82, 2.24) is 4.90 Å². The Labute approximate surface area is 115 Å². The largest absolute Gasteiger partial charge is 0.370 e. The first-order valence-corrected chi connectivity index (χ1v) is 6.94. The number of anilines is 1. The molecule has 100 valence electrons. The van der Waals surface area contributed by atoms with Crippen molar-refractivity contribution in [2.24, 2.45) is 5.73 Å². The van der Waals surface area contributed by atoms with E-state index in [0.29, 0.717) is 0 Å². The van der Waals surface area contributed by atoms with Crippen LogP contribution in [0.25, 0.3) is 0 Å².